The average Bonchev–Trinajstić information content (AvgIpc) is 2.87. The van der Waals surface area contributed by atoms with Crippen molar-refractivity contribution in [1.82, 2.24) is 0 Å². The molecule has 7 heteroatoms. The predicted molar refractivity (Wildman–Crippen MR) is 68.8 cm³/mol. The van der Waals surface area contributed by atoms with Crippen molar-refractivity contribution in [2.75, 3.05) is 6.54 Å². The van der Waals surface area contributed by atoms with Crippen LogP contribution in [-0.4, -0.2) is 20.2 Å². The van der Waals surface area contributed by atoms with Crippen LogP contribution in [0.4, 0.5) is 13.2 Å². The summed E-state index contributed by atoms with van der Waals surface area (Å²) in [4.78, 5) is -0.266. The maximum atomic E-state index is 12.7. The van der Waals surface area contributed by atoms with Gasteiger partial charge < -0.3 is 5.73 Å². The Kier molecular flexibility index (Phi) is 4.11. The highest BCUT2D eigenvalue weighted by atomic mass is 32.2. The van der Waals surface area contributed by atoms with Crippen LogP contribution in [0.25, 0.3) is 0 Å². The highest BCUT2D eigenvalue weighted by Gasteiger charge is 2.39. The summed E-state index contributed by atoms with van der Waals surface area (Å²) >= 11 is 0. The zero-order valence-electron chi connectivity index (χ0n) is 10.7. The Morgan fingerprint density at radius 3 is 2.55 bits per heavy atom. The van der Waals surface area contributed by atoms with Gasteiger partial charge in [0.2, 0.25) is 0 Å². The van der Waals surface area contributed by atoms with Crippen LogP contribution in [0.1, 0.15) is 24.8 Å². The Morgan fingerprint density at radius 2 is 1.95 bits per heavy atom. The molecule has 0 radical (unpaired) electrons. The second-order valence-electron chi connectivity index (χ2n) is 5.04. The van der Waals surface area contributed by atoms with Gasteiger partial charge in [0.15, 0.2) is 9.84 Å². The topological polar surface area (TPSA) is 60.2 Å². The summed E-state index contributed by atoms with van der Waals surface area (Å²) in [6.45, 7) is 0.239. The van der Waals surface area contributed by atoms with Gasteiger partial charge in [-0.25, -0.2) is 8.42 Å². The number of hydrogen-bond acceptors (Lipinski definition) is 3. The first-order valence-corrected chi connectivity index (χ1v) is 7.92. The highest BCUT2D eigenvalue weighted by Crippen LogP contribution is 2.36. The first-order chi connectivity index (χ1) is 9.26. The third-order valence-corrected chi connectivity index (χ3v) is 6.11. The molecule has 1 aliphatic carbocycles. The lowest BCUT2D eigenvalue weighted by atomic mass is 10.1. The summed E-state index contributed by atoms with van der Waals surface area (Å²) in [5.74, 6) is -0.172. The van der Waals surface area contributed by atoms with E-state index in [2.05, 4.69) is 0 Å². The maximum absolute atomic E-state index is 12.7. The molecule has 0 saturated heterocycles. The van der Waals surface area contributed by atoms with Crippen molar-refractivity contribution < 1.29 is 21.6 Å². The number of benzene rings is 1. The lowest BCUT2D eigenvalue weighted by Crippen LogP contribution is -2.30. The van der Waals surface area contributed by atoms with Crippen molar-refractivity contribution in [1.29, 1.82) is 0 Å². The van der Waals surface area contributed by atoms with Crippen LogP contribution in [0, 0.1) is 5.92 Å². The summed E-state index contributed by atoms with van der Waals surface area (Å²) in [6.07, 6.45) is -2.64. The van der Waals surface area contributed by atoms with E-state index in [4.69, 9.17) is 5.73 Å². The minimum atomic E-state index is -4.55. The number of sulfone groups is 1. The van der Waals surface area contributed by atoms with E-state index in [9.17, 15) is 21.6 Å². The minimum Gasteiger partial charge on any atom is -0.330 e. The molecule has 0 bridgehead atoms. The van der Waals surface area contributed by atoms with Crippen LogP contribution in [0.2, 0.25) is 0 Å². The van der Waals surface area contributed by atoms with Gasteiger partial charge in [0.25, 0.3) is 0 Å². The zero-order chi connectivity index (χ0) is 15.0. The monoisotopic (exact) mass is 307 g/mol. The second kappa shape index (κ2) is 5.37. The summed E-state index contributed by atoms with van der Waals surface area (Å²) < 4.78 is 62.9. The van der Waals surface area contributed by atoms with Crippen LogP contribution >= 0.6 is 0 Å². The molecule has 2 unspecified atom stereocenters. The molecular weight excluding hydrogens is 291 g/mol. The first kappa shape index (κ1) is 15.3. The van der Waals surface area contributed by atoms with Crippen molar-refractivity contribution in [2.24, 2.45) is 11.7 Å². The van der Waals surface area contributed by atoms with Crippen molar-refractivity contribution >= 4 is 9.84 Å². The molecule has 1 aromatic rings. The van der Waals surface area contributed by atoms with Gasteiger partial charge in [0.1, 0.15) is 0 Å². The zero-order valence-corrected chi connectivity index (χ0v) is 11.5. The Bertz CT molecular complexity index is 584. The van der Waals surface area contributed by atoms with Crippen LogP contribution in [0.15, 0.2) is 29.2 Å². The molecule has 1 fully saturated rings. The third kappa shape index (κ3) is 2.83. The van der Waals surface area contributed by atoms with E-state index in [1.165, 1.54) is 6.07 Å². The molecule has 1 saturated carbocycles. The smallest absolute Gasteiger partial charge is 0.330 e. The molecular formula is C13H16F3NO2S. The van der Waals surface area contributed by atoms with E-state index in [0.29, 0.717) is 18.9 Å². The summed E-state index contributed by atoms with van der Waals surface area (Å²) in [5.41, 5.74) is 4.61. The fourth-order valence-corrected chi connectivity index (χ4v) is 4.85. The lowest BCUT2D eigenvalue weighted by Gasteiger charge is -2.19. The number of hydrogen-bond donors (Lipinski definition) is 1. The van der Waals surface area contributed by atoms with Crippen LogP contribution in [-0.2, 0) is 16.0 Å². The molecule has 0 aromatic heterocycles. The van der Waals surface area contributed by atoms with Crippen molar-refractivity contribution in [2.45, 2.75) is 35.6 Å². The molecule has 112 valence electrons. The van der Waals surface area contributed by atoms with Gasteiger partial charge in [-0.1, -0.05) is 12.5 Å². The van der Waals surface area contributed by atoms with Crippen molar-refractivity contribution in [3.8, 4) is 0 Å². The molecule has 1 aliphatic rings. The Morgan fingerprint density at radius 1 is 1.25 bits per heavy atom. The molecule has 2 atom stereocenters. The lowest BCUT2D eigenvalue weighted by molar-refractivity contribution is -0.137. The highest BCUT2D eigenvalue weighted by molar-refractivity contribution is 7.92. The average molecular weight is 307 g/mol. The van der Waals surface area contributed by atoms with Gasteiger partial charge >= 0.3 is 6.18 Å². The van der Waals surface area contributed by atoms with E-state index in [1.807, 2.05) is 0 Å². The summed E-state index contributed by atoms with van der Waals surface area (Å²) in [7, 11) is -3.76. The van der Waals surface area contributed by atoms with Gasteiger partial charge in [-0.15, -0.1) is 0 Å². The Hall–Kier alpha value is -1.08. The molecule has 0 spiro atoms. The number of alkyl halides is 3. The Labute approximate surface area is 115 Å². The first-order valence-electron chi connectivity index (χ1n) is 6.38. The van der Waals surface area contributed by atoms with E-state index >= 15 is 0 Å². The molecule has 2 N–H and O–H groups in total. The standard InChI is InChI=1S/C13H16F3NO2S/c14-13(15,16)10-4-2-5-11(7-10)20(18,19)12-6-1-3-9(12)8-17/h2,4-5,7,9,12H,1,3,6,8,17H2. The van der Waals surface area contributed by atoms with Gasteiger partial charge in [-0.3, -0.25) is 0 Å². The maximum Gasteiger partial charge on any atom is 0.416 e. The fraction of sp³-hybridized carbons (Fsp3) is 0.538. The van der Waals surface area contributed by atoms with Crippen LogP contribution < -0.4 is 5.73 Å². The summed E-state index contributed by atoms with van der Waals surface area (Å²) in [6, 6.07) is 3.92. The molecule has 2 rings (SSSR count). The molecule has 3 nitrogen and oxygen atoms in total. The minimum absolute atomic E-state index is 0.172. The second-order valence-corrected chi connectivity index (χ2v) is 7.20. The van der Waals surface area contributed by atoms with Gasteiger partial charge in [0.05, 0.1) is 15.7 Å². The van der Waals surface area contributed by atoms with E-state index in [0.717, 1.165) is 18.6 Å². The molecule has 0 aliphatic heterocycles. The van der Waals surface area contributed by atoms with E-state index in [-0.39, 0.29) is 17.4 Å². The normalized spacial score (nSPS) is 24.0. The van der Waals surface area contributed by atoms with E-state index < -0.39 is 26.8 Å². The predicted octanol–water partition coefficient (Wildman–Crippen LogP) is 2.61. The van der Waals surface area contributed by atoms with Gasteiger partial charge in [0, 0.05) is 0 Å². The quantitative estimate of drug-likeness (QED) is 0.934. The molecule has 0 heterocycles. The molecule has 1 aromatic carbocycles. The van der Waals surface area contributed by atoms with Crippen molar-refractivity contribution in [3.05, 3.63) is 29.8 Å². The van der Waals surface area contributed by atoms with Gasteiger partial charge in [-0.2, -0.15) is 13.2 Å². The van der Waals surface area contributed by atoms with E-state index in [1.54, 1.807) is 0 Å². The molecule has 20 heavy (non-hydrogen) atoms. The third-order valence-electron chi connectivity index (χ3n) is 3.78. The largest absolute Gasteiger partial charge is 0.416 e. The SMILES string of the molecule is NCC1CCCC1S(=O)(=O)c1cccc(C(F)(F)F)c1. The number of rotatable bonds is 3. The van der Waals surface area contributed by atoms with Crippen LogP contribution in [0.5, 0.6) is 0 Å². The van der Waals surface area contributed by atoms with Gasteiger partial charge in [-0.05, 0) is 43.5 Å². The summed E-state index contributed by atoms with van der Waals surface area (Å²) in [5, 5.41) is -0.670. The fourth-order valence-electron chi connectivity index (χ4n) is 2.71. The van der Waals surface area contributed by atoms with Crippen LogP contribution in [0.3, 0.4) is 0 Å². The number of nitrogens with two attached hydrogens (primary N) is 1. The van der Waals surface area contributed by atoms with Crippen molar-refractivity contribution in [3.63, 3.8) is 0 Å². The Balaban J connectivity index is 2.40. The number of halogens is 3. The molecule has 0 amide bonds.